The summed E-state index contributed by atoms with van der Waals surface area (Å²) in [5.41, 5.74) is 2.04. The minimum absolute atomic E-state index is 0.157. The number of aromatic nitrogens is 3. The molecule has 0 aliphatic carbocycles. The van der Waals surface area contributed by atoms with E-state index in [1.165, 1.54) is 6.33 Å². The van der Waals surface area contributed by atoms with Gasteiger partial charge in [0.25, 0.3) is 0 Å². The van der Waals surface area contributed by atoms with Crippen molar-refractivity contribution in [3.8, 4) is 0 Å². The molecule has 0 radical (unpaired) electrons. The van der Waals surface area contributed by atoms with Gasteiger partial charge in [-0.25, -0.2) is 14.8 Å². The molecule has 0 saturated carbocycles. The number of pyridine rings is 1. The first-order valence-corrected chi connectivity index (χ1v) is 10.1. The molecule has 1 aliphatic heterocycles. The summed E-state index contributed by atoms with van der Waals surface area (Å²) in [5, 5.41) is 4.71. The Balaban J connectivity index is 1.58. The van der Waals surface area contributed by atoms with Gasteiger partial charge < -0.3 is 15.0 Å². The van der Waals surface area contributed by atoms with Crippen molar-refractivity contribution in [1.29, 1.82) is 0 Å². The van der Waals surface area contributed by atoms with E-state index in [1.807, 2.05) is 26.8 Å². The molecule has 2 aromatic heterocycles. The number of rotatable bonds is 3. The molecule has 1 aliphatic rings. The lowest BCUT2D eigenvalue weighted by Gasteiger charge is -2.48. The molecular formula is C22H24ClN5O2. The van der Waals surface area contributed by atoms with Gasteiger partial charge in [0.05, 0.1) is 22.4 Å². The standard InChI is InChI=1S/C22H24ClN5O2/c1-21(2,3)30-20(29)28-11-22(4,12-28)14-5-6-18-17(7-14)19(26-13-25-18)27-16-8-15(23)9-24-10-16/h5-10,13H,11-12H2,1-4H3,(H,25,26,27). The van der Waals surface area contributed by atoms with Crippen molar-refractivity contribution in [3.63, 3.8) is 0 Å². The second-order valence-electron chi connectivity index (χ2n) is 8.87. The molecule has 1 N–H and O–H groups in total. The lowest BCUT2D eigenvalue weighted by molar-refractivity contribution is -0.00648. The van der Waals surface area contributed by atoms with Gasteiger partial charge in [-0.05, 0) is 44.5 Å². The van der Waals surface area contributed by atoms with Crippen molar-refractivity contribution >= 4 is 40.1 Å². The molecule has 0 bridgehead atoms. The summed E-state index contributed by atoms with van der Waals surface area (Å²) in [6.07, 6.45) is 4.52. The minimum atomic E-state index is -0.501. The lowest BCUT2D eigenvalue weighted by atomic mass is 9.75. The zero-order chi connectivity index (χ0) is 21.5. The zero-order valence-corrected chi connectivity index (χ0v) is 18.2. The molecule has 4 rings (SSSR count). The van der Waals surface area contributed by atoms with Gasteiger partial charge in [0.15, 0.2) is 0 Å². The third-order valence-electron chi connectivity index (χ3n) is 5.03. The fourth-order valence-corrected chi connectivity index (χ4v) is 3.76. The molecule has 0 atom stereocenters. The van der Waals surface area contributed by atoms with E-state index in [4.69, 9.17) is 16.3 Å². The van der Waals surface area contributed by atoms with Crippen LogP contribution < -0.4 is 5.32 Å². The van der Waals surface area contributed by atoms with Crippen LogP contribution in [0.25, 0.3) is 10.9 Å². The van der Waals surface area contributed by atoms with Gasteiger partial charge in [-0.2, -0.15) is 0 Å². The van der Waals surface area contributed by atoms with Crippen LogP contribution in [-0.2, 0) is 10.2 Å². The molecule has 30 heavy (non-hydrogen) atoms. The number of ether oxygens (including phenoxy) is 1. The summed E-state index contributed by atoms with van der Waals surface area (Å²) in [6.45, 7) is 8.96. The molecular weight excluding hydrogens is 402 g/mol. The van der Waals surface area contributed by atoms with Crippen molar-refractivity contribution < 1.29 is 9.53 Å². The van der Waals surface area contributed by atoms with Gasteiger partial charge in [0, 0.05) is 30.1 Å². The van der Waals surface area contributed by atoms with Crippen LogP contribution in [-0.4, -0.2) is 44.6 Å². The highest BCUT2D eigenvalue weighted by atomic mass is 35.5. The monoisotopic (exact) mass is 425 g/mol. The first-order chi connectivity index (χ1) is 14.1. The Kier molecular flexibility index (Phi) is 5.02. The fraction of sp³-hybridized carbons (Fsp3) is 0.364. The minimum Gasteiger partial charge on any atom is -0.444 e. The molecule has 1 saturated heterocycles. The molecule has 3 aromatic rings. The van der Waals surface area contributed by atoms with E-state index in [2.05, 4.69) is 39.3 Å². The molecule has 8 heteroatoms. The Morgan fingerprint density at radius 2 is 1.97 bits per heavy atom. The van der Waals surface area contributed by atoms with Crippen LogP contribution in [0.5, 0.6) is 0 Å². The lowest BCUT2D eigenvalue weighted by Crippen LogP contribution is -2.60. The number of hydrogen-bond donors (Lipinski definition) is 1. The topological polar surface area (TPSA) is 80.2 Å². The maximum atomic E-state index is 12.3. The van der Waals surface area contributed by atoms with E-state index >= 15 is 0 Å². The molecule has 0 spiro atoms. The smallest absolute Gasteiger partial charge is 0.410 e. The number of carbonyl (C=O) groups is 1. The zero-order valence-electron chi connectivity index (χ0n) is 17.4. The quantitative estimate of drug-likeness (QED) is 0.640. The number of halogens is 1. The van der Waals surface area contributed by atoms with Crippen molar-refractivity contribution in [3.05, 3.63) is 53.6 Å². The molecule has 1 aromatic carbocycles. The number of nitrogens with one attached hydrogen (secondary N) is 1. The number of likely N-dealkylation sites (tertiary alicyclic amines) is 1. The van der Waals surface area contributed by atoms with Crippen LogP contribution in [0.4, 0.5) is 16.3 Å². The first-order valence-electron chi connectivity index (χ1n) is 9.74. The second-order valence-corrected chi connectivity index (χ2v) is 9.30. The highest BCUT2D eigenvalue weighted by molar-refractivity contribution is 6.30. The average molecular weight is 426 g/mol. The number of anilines is 2. The molecule has 156 valence electrons. The highest BCUT2D eigenvalue weighted by Crippen LogP contribution is 2.37. The Morgan fingerprint density at radius 1 is 1.20 bits per heavy atom. The van der Waals surface area contributed by atoms with E-state index in [-0.39, 0.29) is 11.5 Å². The Bertz CT molecular complexity index is 1110. The summed E-state index contributed by atoms with van der Waals surface area (Å²) in [4.78, 5) is 26.9. The van der Waals surface area contributed by atoms with Gasteiger partial charge >= 0.3 is 6.09 Å². The number of hydrogen-bond acceptors (Lipinski definition) is 6. The van der Waals surface area contributed by atoms with Crippen LogP contribution >= 0.6 is 11.6 Å². The van der Waals surface area contributed by atoms with E-state index in [0.29, 0.717) is 23.9 Å². The molecule has 1 amide bonds. The normalized spacial score (nSPS) is 15.6. The van der Waals surface area contributed by atoms with Crippen molar-refractivity contribution in [2.75, 3.05) is 18.4 Å². The SMILES string of the molecule is CC(C)(C)OC(=O)N1CC(C)(c2ccc3ncnc(Nc4cncc(Cl)c4)c3c2)C1. The van der Waals surface area contributed by atoms with E-state index in [1.54, 1.807) is 23.4 Å². The first kappa shape index (κ1) is 20.3. The number of benzene rings is 1. The predicted molar refractivity (Wildman–Crippen MR) is 117 cm³/mol. The summed E-state index contributed by atoms with van der Waals surface area (Å²) in [5.74, 6) is 0.679. The van der Waals surface area contributed by atoms with E-state index < -0.39 is 5.60 Å². The van der Waals surface area contributed by atoms with Crippen LogP contribution in [0.1, 0.15) is 33.3 Å². The van der Waals surface area contributed by atoms with Gasteiger partial charge in [0.2, 0.25) is 0 Å². The summed E-state index contributed by atoms with van der Waals surface area (Å²) < 4.78 is 5.48. The third kappa shape index (κ3) is 4.16. The Labute approximate surface area is 180 Å². The van der Waals surface area contributed by atoms with Crippen molar-refractivity contribution in [2.45, 2.75) is 38.7 Å². The number of fused-ring (bicyclic) bond motifs is 1. The molecule has 3 heterocycles. The second kappa shape index (κ2) is 7.40. The van der Waals surface area contributed by atoms with Crippen LogP contribution in [0.2, 0.25) is 5.02 Å². The Morgan fingerprint density at radius 3 is 2.67 bits per heavy atom. The largest absolute Gasteiger partial charge is 0.444 e. The molecule has 7 nitrogen and oxygen atoms in total. The predicted octanol–water partition coefficient (Wildman–Crippen LogP) is 4.93. The van der Waals surface area contributed by atoms with Gasteiger partial charge in [-0.1, -0.05) is 24.6 Å². The van der Waals surface area contributed by atoms with Gasteiger partial charge in [-0.15, -0.1) is 0 Å². The summed E-state index contributed by atoms with van der Waals surface area (Å²) >= 11 is 6.04. The number of nitrogens with zero attached hydrogens (tertiary/aromatic N) is 4. The summed E-state index contributed by atoms with van der Waals surface area (Å²) in [6, 6.07) is 7.92. The molecule has 0 unspecified atom stereocenters. The Hall–Kier alpha value is -2.93. The van der Waals surface area contributed by atoms with Crippen molar-refractivity contribution in [1.82, 2.24) is 19.9 Å². The number of carbonyl (C=O) groups excluding carboxylic acids is 1. The van der Waals surface area contributed by atoms with E-state index in [9.17, 15) is 4.79 Å². The fourth-order valence-electron chi connectivity index (χ4n) is 3.58. The van der Waals surface area contributed by atoms with E-state index in [0.717, 1.165) is 22.2 Å². The maximum absolute atomic E-state index is 12.3. The summed E-state index contributed by atoms with van der Waals surface area (Å²) in [7, 11) is 0. The average Bonchev–Trinajstić information content (AvgIpc) is 2.64. The maximum Gasteiger partial charge on any atom is 0.410 e. The third-order valence-corrected chi connectivity index (χ3v) is 5.24. The van der Waals surface area contributed by atoms with Gasteiger partial charge in [-0.3, -0.25) is 4.98 Å². The van der Waals surface area contributed by atoms with Crippen LogP contribution in [0.3, 0.4) is 0 Å². The van der Waals surface area contributed by atoms with Crippen molar-refractivity contribution in [2.24, 2.45) is 0 Å². The van der Waals surface area contributed by atoms with Crippen LogP contribution in [0, 0.1) is 0 Å². The highest BCUT2D eigenvalue weighted by Gasteiger charge is 2.44. The van der Waals surface area contributed by atoms with Gasteiger partial charge in [0.1, 0.15) is 17.7 Å². The number of amides is 1. The van der Waals surface area contributed by atoms with Crippen LogP contribution in [0.15, 0.2) is 43.0 Å². The molecule has 1 fully saturated rings.